The zero-order valence-corrected chi connectivity index (χ0v) is 8.35. The van der Waals surface area contributed by atoms with Gasteiger partial charge in [0.1, 0.15) is 0 Å². The van der Waals surface area contributed by atoms with Gasteiger partial charge in [0.05, 0.1) is 5.41 Å². The Kier molecular flexibility index (Phi) is 1.97. The van der Waals surface area contributed by atoms with Crippen molar-refractivity contribution in [1.29, 1.82) is 0 Å². The third-order valence-electron chi connectivity index (χ3n) is 4.20. The molecule has 0 spiro atoms. The molecule has 0 aromatic rings. The first-order valence-corrected chi connectivity index (χ1v) is 4.56. The first-order valence-electron chi connectivity index (χ1n) is 4.56. The lowest BCUT2D eigenvalue weighted by Gasteiger charge is -2.37. The maximum atomic E-state index is 11.1. The number of hydrogen-bond donors (Lipinski definition) is 1. The molecule has 2 atom stereocenters. The second-order valence-corrected chi connectivity index (χ2v) is 4.80. The zero-order valence-electron chi connectivity index (χ0n) is 8.35. The summed E-state index contributed by atoms with van der Waals surface area (Å²) in [6, 6.07) is 0. The van der Waals surface area contributed by atoms with Gasteiger partial charge in [0.2, 0.25) is 0 Å². The smallest absolute Gasteiger partial charge is 0.309 e. The van der Waals surface area contributed by atoms with Crippen LogP contribution < -0.4 is 0 Å². The van der Waals surface area contributed by atoms with E-state index in [9.17, 15) is 4.79 Å². The van der Waals surface area contributed by atoms with Gasteiger partial charge in [0.15, 0.2) is 0 Å². The number of rotatable bonds is 1. The van der Waals surface area contributed by atoms with Gasteiger partial charge >= 0.3 is 5.97 Å². The molecule has 0 saturated heterocycles. The largest absolute Gasteiger partial charge is 0.481 e. The molecule has 12 heavy (non-hydrogen) atoms. The number of carboxylic acid groups (broad SMARTS) is 1. The van der Waals surface area contributed by atoms with E-state index in [0.29, 0.717) is 5.92 Å². The molecule has 0 amide bonds. The minimum Gasteiger partial charge on any atom is -0.481 e. The van der Waals surface area contributed by atoms with Crippen LogP contribution in [0.5, 0.6) is 0 Å². The van der Waals surface area contributed by atoms with Gasteiger partial charge in [-0.1, -0.05) is 20.8 Å². The monoisotopic (exact) mass is 170 g/mol. The van der Waals surface area contributed by atoms with Gasteiger partial charge in [0.25, 0.3) is 0 Å². The number of carbonyl (C=O) groups is 1. The first kappa shape index (κ1) is 9.56. The van der Waals surface area contributed by atoms with E-state index >= 15 is 0 Å². The molecule has 0 heterocycles. The summed E-state index contributed by atoms with van der Waals surface area (Å²) in [5.74, 6) is -0.129. The second-order valence-electron chi connectivity index (χ2n) is 4.80. The lowest BCUT2D eigenvalue weighted by molar-refractivity contribution is -0.154. The molecule has 1 aliphatic rings. The van der Waals surface area contributed by atoms with Crippen LogP contribution in [0.15, 0.2) is 0 Å². The van der Waals surface area contributed by atoms with Gasteiger partial charge in [-0.2, -0.15) is 0 Å². The molecule has 0 radical (unpaired) electrons. The van der Waals surface area contributed by atoms with E-state index in [2.05, 4.69) is 20.8 Å². The molecular weight excluding hydrogens is 152 g/mol. The molecule has 1 rings (SSSR count). The van der Waals surface area contributed by atoms with Crippen molar-refractivity contribution >= 4 is 5.97 Å². The molecule has 0 bridgehead atoms. The summed E-state index contributed by atoms with van der Waals surface area (Å²) in [5, 5.41) is 9.13. The summed E-state index contributed by atoms with van der Waals surface area (Å²) in [7, 11) is 0. The van der Waals surface area contributed by atoms with E-state index in [1.165, 1.54) is 0 Å². The topological polar surface area (TPSA) is 37.3 Å². The van der Waals surface area contributed by atoms with Gasteiger partial charge in [0, 0.05) is 0 Å². The van der Waals surface area contributed by atoms with Gasteiger partial charge in [-0.25, -0.2) is 0 Å². The van der Waals surface area contributed by atoms with Crippen molar-refractivity contribution in [3.8, 4) is 0 Å². The minimum absolute atomic E-state index is 0.0706. The summed E-state index contributed by atoms with van der Waals surface area (Å²) >= 11 is 0. The molecule has 0 aromatic carbocycles. The Labute approximate surface area is 74.0 Å². The highest BCUT2D eigenvalue weighted by molar-refractivity contribution is 5.75. The fourth-order valence-electron chi connectivity index (χ4n) is 2.11. The lowest BCUT2D eigenvalue weighted by Crippen LogP contribution is -2.39. The standard InChI is InChI=1S/C10H18O2/c1-7-5-6-10(4,8(11)12)9(7,2)3/h7H,5-6H2,1-4H3,(H,11,12)/t7-,10-/m1/s1. The summed E-state index contributed by atoms with van der Waals surface area (Å²) in [4.78, 5) is 11.1. The van der Waals surface area contributed by atoms with Crippen LogP contribution >= 0.6 is 0 Å². The number of aliphatic carboxylic acids is 1. The van der Waals surface area contributed by atoms with E-state index in [1.54, 1.807) is 0 Å². The van der Waals surface area contributed by atoms with Gasteiger partial charge < -0.3 is 5.11 Å². The van der Waals surface area contributed by atoms with Crippen molar-refractivity contribution in [3.63, 3.8) is 0 Å². The van der Waals surface area contributed by atoms with Crippen molar-refractivity contribution < 1.29 is 9.90 Å². The van der Waals surface area contributed by atoms with E-state index in [0.717, 1.165) is 12.8 Å². The molecular formula is C10H18O2. The fourth-order valence-corrected chi connectivity index (χ4v) is 2.11. The summed E-state index contributed by atoms with van der Waals surface area (Å²) in [5.41, 5.74) is -0.592. The van der Waals surface area contributed by atoms with E-state index in [-0.39, 0.29) is 5.41 Å². The van der Waals surface area contributed by atoms with Crippen LogP contribution in [-0.2, 0) is 4.79 Å². The molecule has 1 aliphatic carbocycles. The van der Waals surface area contributed by atoms with E-state index in [1.807, 2.05) is 6.92 Å². The summed E-state index contributed by atoms with van der Waals surface area (Å²) in [6.07, 6.45) is 1.85. The molecule has 0 aromatic heterocycles. The van der Waals surface area contributed by atoms with Gasteiger partial charge in [-0.15, -0.1) is 0 Å². The Morgan fingerprint density at radius 1 is 1.42 bits per heavy atom. The maximum Gasteiger partial charge on any atom is 0.309 e. The van der Waals surface area contributed by atoms with Gasteiger partial charge in [-0.3, -0.25) is 4.79 Å². The summed E-state index contributed by atoms with van der Waals surface area (Å²) < 4.78 is 0. The highest BCUT2D eigenvalue weighted by Crippen LogP contribution is 2.55. The second kappa shape index (κ2) is 2.48. The molecule has 1 fully saturated rings. The molecule has 2 nitrogen and oxygen atoms in total. The Hall–Kier alpha value is -0.530. The SMILES string of the molecule is C[C@@H]1CC[C@](C)(C(=O)O)C1(C)C. The van der Waals surface area contributed by atoms with Crippen LogP contribution in [0.3, 0.4) is 0 Å². The highest BCUT2D eigenvalue weighted by atomic mass is 16.4. The third kappa shape index (κ3) is 0.970. The van der Waals surface area contributed by atoms with Crippen LogP contribution in [-0.4, -0.2) is 11.1 Å². The van der Waals surface area contributed by atoms with Crippen molar-refractivity contribution in [2.75, 3.05) is 0 Å². The Morgan fingerprint density at radius 3 is 2.08 bits per heavy atom. The van der Waals surface area contributed by atoms with Crippen LogP contribution in [0, 0.1) is 16.7 Å². The predicted octanol–water partition coefficient (Wildman–Crippen LogP) is 2.53. The first-order chi connectivity index (χ1) is 5.32. The Morgan fingerprint density at radius 2 is 1.92 bits per heavy atom. The average Bonchev–Trinajstić information content (AvgIpc) is 2.15. The quantitative estimate of drug-likeness (QED) is 0.656. The van der Waals surface area contributed by atoms with E-state index < -0.39 is 11.4 Å². The van der Waals surface area contributed by atoms with Crippen molar-refractivity contribution in [2.45, 2.75) is 40.5 Å². The van der Waals surface area contributed by atoms with Crippen molar-refractivity contribution in [1.82, 2.24) is 0 Å². The number of hydrogen-bond acceptors (Lipinski definition) is 1. The van der Waals surface area contributed by atoms with Gasteiger partial charge in [-0.05, 0) is 31.1 Å². The Bertz CT molecular complexity index is 208. The highest BCUT2D eigenvalue weighted by Gasteiger charge is 2.54. The average molecular weight is 170 g/mol. The molecule has 70 valence electrons. The van der Waals surface area contributed by atoms with Crippen LogP contribution in [0.2, 0.25) is 0 Å². The minimum atomic E-state index is -0.642. The van der Waals surface area contributed by atoms with Crippen LogP contribution in [0.4, 0.5) is 0 Å². The van der Waals surface area contributed by atoms with Crippen molar-refractivity contribution in [2.24, 2.45) is 16.7 Å². The fraction of sp³-hybridized carbons (Fsp3) is 0.900. The Balaban J connectivity index is 3.01. The van der Waals surface area contributed by atoms with Crippen LogP contribution in [0.25, 0.3) is 0 Å². The lowest BCUT2D eigenvalue weighted by atomic mass is 9.66. The number of carboxylic acids is 1. The zero-order chi connectivity index (χ0) is 9.57. The van der Waals surface area contributed by atoms with Crippen LogP contribution in [0.1, 0.15) is 40.5 Å². The molecule has 0 aliphatic heterocycles. The summed E-state index contributed by atoms with van der Waals surface area (Å²) in [6.45, 7) is 8.16. The normalized spacial score (nSPS) is 39.8. The molecule has 0 unspecified atom stereocenters. The van der Waals surface area contributed by atoms with Crippen molar-refractivity contribution in [3.05, 3.63) is 0 Å². The maximum absolute atomic E-state index is 11.1. The third-order valence-corrected chi connectivity index (χ3v) is 4.20. The molecule has 1 N–H and O–H groups in total. The molecule has 1 saturated carbocycles. The predicted molar refractivity (Wildman–Crippen MR) is 47.9 cm³/mol. The molecule has 2 heteroatoms. The van der Waals surface area contributed by atoms with E-state index in [4.69, 9.17) is 5.11 Å².